The highest BCUT2D eigenvalue weighted by molar-refractivity contribution is 5.90. The van der Waals surface area contributed by atoms with Gasteiger partial charge in [-0.15, -0.1) is 0 Å². The van der Waals surface area contributed by atoms with E-state index in [1.54, 1.807) is 11.8 Å². The molecule has 0 saturated carbocycles. The van der Waals surface area contributed by atoms with Gasteiger partial charge < -0.3 is 15.3 Å². The first-order chi connectivity index (χ1) is 9.82. The number of carboxylic acids is 1. The number of aryl methyl sites for hydroxylation is 2. The number of carbonyl (C=O) groups is 2. The van der Waals surface area contributed by atoms with Crippen molar-refractivity contribution in [3.63, 3.8) is 0 Å². The predicted octanol–water partition coefficient (Wildman–Crippen LogP) is 3.02. The van der Waals surface area contributed by atoms with Crippen LogP contribution in [0.25, 0.3) is 0 Å². The molecule has 2 N–H and O–H groups in total. The fraction of sp³-hybridized carbons (Fsp3) is 0.500. The topological polar surface area (TPSA) is 69.6 Å². The summed E-state index contributed by atoms with van der Waals surface area (Å²) in [5, 5.41) is 12.1. The highest BCUT2D eigenvalue weighted by Gasteiger charge is 2.38. The number of carbonyl (C=O) groups excluding carboxylic acids is 1. The predicted molar refractivity (Wildman–Crippen MR) is 81.5 cm³/mol. The molecule has 1 aromatic carbocycles. The first-order valence-corrected chi connectivity index (χ1v) is 7.18. The van der Waals surface area contributed by atoms with Crippen molar-refractivity contribution >= 4 is 17.7 Å². The summed E-state index contributed by atoms with van der Waals surface area (Å²) in [6.07, 6.45) is 0.977. The molecule has 0 aliphatic carbocycles. The zero-order valence-corrected chi connectivity index (χ0v) is 12.8. The Hall–Kier alpha value is -2.04. The van der Waals surface area contributed by atoms with Gasteiger partial charge in [-0.05, 0) is 45.2 Å². The maximum atomic E-state index is 12.3. The molecule has 114 valence electrons. The van der Waals surface area contributed by atoms with Gasteiger partial charge in [0.05, 0.1) is 5.41 Å². The number of anilines is 1. The second-order valence-corrected chi connectivity index (χ2v) is 6.10. The SMILES string of the molecule is Cc1ccc(NC(=O)N2CCC(C)(C(=O)O)CC2)c(C)c1. The summed E-state index contributed by atoms with van der Waals surface area (Å²) in [4.78, 5) is 25.1. The Labute approximate surface area is 125 Å². The van der Waals surface area contributed by atoms with Gasteiger partial charge in [-0.25, -0.2) is 4.79 Å². The van der Waals surface area contributed by atoms with E-state index in [0.717, 1.165) is 16.8 Å². The summed E-state index contributed by atoms with van der Waals surface area (Å²) >= 11 is 0. The molecule has 1 saturated heterocycles. The number of aliphatic carboxylic acids is 1. The number of urea groups is 1. The lowest BCUT2D eigenvalue weighted by atomic mass is 9.80. The summed E-state index contributed by atoms with van der Waals surface area (Å²) in [5.41, 5.74) is 2.27. The molecule has 1 aliphatic rings. The number of likely N-dealkylation sites (tertiary alicyclic amines) is 1. The lowest BCUT2D eigenvalue weighted by molar-refractivity contribution is -0.150. The number of hydrogen-bond acceptors (Lipinski definition) is 2. The number of nitrogens with zero attached hydrogens (tertiary/aromatic N) is 1. The molecule has 5 nitrogen and oxygen atoms in total. The molecule has 1 aliphatic heterocycles. The van der Waals surface area contributed by atoms with E-state index in [1.165, 1.54) is 0 Å². The van der Waals surface area contributed by atoms with Crippen LogP contribution in [0, 0.1) is 19.3 Å². The number of benzene rings is 1. The highest BCUT2D eigenvalue weighted by atomic mass is 16.4. The molecule has 1 aromatic rings. The summed E-state index contributed by atoms with van der Waals surface area (Å²) in [7, 11) is 0. The molecule has 1 fully saturated rings. The Morgan fingerprint density at radius 3 is 2.38 bits per heavy atom. The van der Waals surface area contributed by atoms with E-state index >= 15 is 0 Å². The van der Waals surface area contributed by atoms with Gasteiger partial charge in [-0.3, -0.25) is 4.79 Å². The molecule has 0 unspecified atom stereocenters. The van der Waals surface area contributed by atoms with Crippen molar-refractivity contribution in [3.8, 4) is 0 Å². The molecular weight excluding hydrogens is 268 g/mol. The van der Waals surface area contributed by atoms with Gasteiger partial charge >= 0.3 is 12.0 Å². The van der Waals surface area contributed by atoms with Gasteiger partial charge in [-0.1, -0.05) is 17.7 Å². The number of carboxylic acid groups (broad SMARTS) is 1. The van der Waals surface area contributed by atoms with Crippen LogP contribution in [-0.2, 0) is 4.79 Å². The maximum Gasteiger partial charge on any atom is 0.321 e. The van der Waals surface area contributed by atoms with Crippen LogP contribution in [0.5, 0.6) is 0 Å². The zero-order chi connectivity index (χ0) is 15.6. The van der Waals surface area contributed by atoms with Crippen LogP contribution < -0.4 is 5.32 Å². The number of hydrogen-bond donors (Lipinski definition) is 2. The molecule has 0 aromatic heterocycles. The van der Waals surface area contributed by atoms with Crippen molar-refractivity contribution in [2.45, 2.75) is 33.6 Å². The normalized spacial score (nSPS) is 17.4. The number of nitrogens with one attached hydrogen (secondary N) is 1. The van der Waals surface area contributed by atoms with Crippen molar-refractivity contribution in [1.29, 1.82) is 0 Å². The maximum absolute atomic E-state index is 12.3. The summed E-state index contributed by atoms with van der Waals surface area (Å²) in [6.45, 7) is 6.66. The average molecular weight is 290 g/mol. The Balaban J connectivity index is 1.98. The van der Waals surface area contributed by atoms with Crippen molar-refractivity contribution in [3.05, 3.63) is 29.3 Å². The minimum absolute atomic E-state index is 0.158. The van der Waals surface area contributed by atoms with Crippen molar-refractivity contribution in [2.24, 2.45) is 5.41 Å². The van der Waals surface area contributed by atoms with Gasteiger partial charge in [0, 0.05) is 18.8 Å². The Bertz CT molecular complexity index is 561. The first kappa shape index (κ1) is 15.4. The Morgan fingerprint density at radius 1 is 1.24 bits per heavy atom. The lowest BCUT2D eigenvalue weighted by Gasteiger charge is -2.36. The van der Waals surface area contributed by atoms with E-state index in [9.17, 15) is 14.7 Å². The molecule has 0 atom stereocenters. The Kier molecular flexibility index (Phi) is 4.21. The third kappa shape index (κ3) is 3.35. The number of amides is 2. The van der Waals surface area contributed by atoms with E-state index in [2.05, 4.69) is 5.32 Å². The van der Waals surface area contributed by atoms with Crippen LogP contribution in [0.4, 0.5) is 10.5 Å². The van der Waals surface area contributed by atoms with E-state index in [-0.39, 0.29) is 6.03 Å². The summed E-state index contributed by atoms with van der Waals surface area (Å²) < 4.78 is 0. The van der Waals surface area contributed by atoms with Gasteiger partial charge in [0.1, 0.15) is 0 Å². The van der Waals surface area contributed by atoms with Crippen LogP contribution in [0.1, 0.15) is 30.9 Å². The van der Waals surface area contributed by atoms with Gasteiger partial charge in [0.25, 0.3) is 0 Å². The minimum Gasteiger partial charge on any atom is -0.481 e. The van der Waals surface area contributed by atoms with Gasteiger partial charge in [0.2, 0.25) is 0 Å². The summed E-state index contributed by atoms with van der Waals surface area (Å²) in [5.74, 6) is -0.781. The standard InChI is InChI=1S/C16H22N2O3/c1-11-4-5-13(12(2)10-11)17-15(21)18-8-6-16(3,7-9-18)14(19)20/h4-5,10H,6-9H2,1-3H3,(H,17,21)(H,19,20). The van der Waals surface area contributed by atoms with Crippen molar-refractivity contribution in [2.75, 3.05) is 18.4 Å². The molecule has 2 rings (SSSR count). The van der Waals surface area contributed by atoms with Crippen molar-refractivity contribution < 1.29 is 14.7 Å². The second-order valence-electron chi connectivity index (χ2n) is 6.10. The van der Waals surface area contributed by atoms with Crippen LogP contribution in [0.2, 0.25) is 0 Å². The van der Waals surface area contributed by atoms with Crippen molar-refractivity contribution in [1.82, 2.24) is 4.90 Å². The minimum atomic E-state index is -0.781. The van der Waals surface area contributed by atoms with Crippen LogP contribution in [0.15, 0.2) is 18.2 Å². The monoisotopic (exact) mass is 290 g/mol. The molecule has 0 radical (unpaired) electrons. The fourth-order valence-corrected chi connectivity index (χ4v) is 2.57. The number of rotatable bonds is 2. The molecule has 0 spiro atoms. The summed E-state index contributed by atoms with van der Waals surface area (Å²) in [6, 6.07) is 5.72. The molecule has 1 heterocycles. The smallest absolute Gasteiger partial charge is 0.321 e. The molecule has 21 heavy (non-hydrogen) atoms. The number of piperidine rings is 1. The molecule has 5 heteroatoms. The quantitative estimate of drug-likeness (QED) is 0.879. The first-order valence-electron chi connectivity index (χ1n) is 7.18. The Morgan fingerprint density at radius 2 is 1.86 bits per heavy atom. The third-order valence-electron chi connectivity index (χ3n) is 4.29. The average Bonchev–Trinajstić information content (AvgIpc) is 2.42. The van der Waals surface area contributed by atoms with Crippen LogP contribution >= 0.6 is 0 Å². The molecule has 2 amide bonds. The van der Waals surface area contributed by atoms with E-state index in [4.69, 9.17) is 0 Å². The zero-order valence-electron chi connectivity index (χ0n) is 12.8. The third-order valence-corrected chi connectivity index (χ3v) is 4.29. The second kappa shape index (κ2) is 5.76. The van der Waals surface area contributed by atoms with E-state index in [0.29, 0.717) is 25.9 Å². The van der Waals surface area contributed by atoms with E-state index in [1.807, 2.05) is 32.0 Å². The van der Waals surface area contributed by atoms with E-state index < -0.39 is 11.4 Å². The molecule has 0 bridgehead atoms. The lowest BCUT2D eigenvalue weighted by Crippen LogP contribution is -2.46. The van der Waals surface area contributed by atoms with Crippen LogP contribution in [0.3, 0.4) is 0 Å². The van der Waals surface area contributed by atoms with Gasteiger partial charge in [0.15, 0.2) is 0 Å². The molecular formula is C16H22N2O3. The largest absolute Gasteiger partial charge is 0.481 e. The van der Waals surface area contributed by atoms with Crippen LogP contribution in [-0.4, -0.2) is 35.1 Å². The van der Waals surface area contributed by atoms with Gasteiger partial charge in [-0.2, -0.15) is 0 Å². The fourth-order valence-electron chi connectivity index (χ4n) is 2.57. The highest BCUT2D eigenvalue weighted by Crippen LogP contribution is 2.31.